The number of aromatic nitrogens is 2. The standard InChI is InChI=1S/C10H9BrN2OS/c1-6-7(2)14-10(13-6)15-9-3-4-12-5-8(9)11/h3-5H,1-2H3. The molecule has 2 rings (SSSR count). The summed E-state index contributed by atoms with van der Waals surface area (Å²) in [5.41, 5.74) is 0.933. The van der Waals surface area contributed by atoms with E-state index in [-0.39, 0.29) is 0 Å². The maximum absolute atomic E-state index is 5.48. The van der Waals surface area contributed by atoms with Crippen molar-refractivity contribution in [2.45, 2.75) is 24.0 Å². The number of nitrogens with zero attached hydrogens (tertiary/aromatic N) is 2. The third kappa shape index (κ3) is 2.41. The van der Waals surface area contributed by atoms with E-state index >= 15 is 0 Å². The van der Waals surface area contributed by atoms with Crippen LogP contribution >= 0.6 is 27.7 Å². The van der Waals surface area contributed by atoms with Crippen molar-refractivity contribution >= 4 is 27.7 Å². The Hall–Kier alpha value is -0.810. The molecule has 0 spiro atoms. The molecule has 0 aliphatic rings. The smallest absolute Gasteiger partial charge is 0.261 e. The van der Waals surface area contributed by atoms with E-state index in [4.69, 9.17) is 4.42 Å². The van der Waals surface area contributed by atoms with Crippen molar-refractivity contribution in [2.24, 2.45) is 0 Å². The first kappa shape index (κ1) is 10.7. The zero-order chi connectivity index (χ0) is 10.8. The van der Waals surface area contributed by atoms with Gasteiger partial charge in [-0.1, -0.05) is 0 Å². The van der Waals surface area contributed by atoms with E-state index in [1.165, 1.54) is 11.8 Å². The SMILES string of the molecule is Cc1nc(Sc2ccncc2Br)oc1C. The second kappa shape index (κ2) is 4.37. The molecule has 2 aromatic heterocycles. The summed E-state index contributed by atoms with van der Waals surface area (Å²) in [5.74, 6) is 0.864. The van der Waals surface area contributed by atoms with E-state index in [0.29, 0.717) is 5.22 Å². The molecular formula is C10H9BrN2OS. The minimum atomic E-state index is 0.664. The highest BCUT2D eigenvalue weighted by molar-refractivity contribution is 9.10. The summed E-state index contributed by atoms with van der Waals surface area (Å²) < 4.78 is 6.43. The third-order valence-corrected chi connectivity index (χ3v) is 3.76. The lowest BCUT2D eigenvalue weighted by Gasteiger charge is -1.98. The van der Waals surface area contributed by atoms with Crippen LogP contribution < -0.4 is 0 Å². The molecule has 2 heterocycles. The fourth-order valence-electron chi connectivity index (χ4n) is 1.03. The van der Waals surface area contributed by atoms with Gasteiger partial charge in [-0.3, -0.25) is 4.98 Å². The predicted molar refractivity (Wildman–Crippen MR) is 62.0 cm³/mol. The molecule has 5 heteroatoms. The van der Waals surface area contributed by atoms with E-state index in [1.54, 1.807) is 12.4 Å². The Morgan fingerprint density at radius 2 is 2.20 bits per heavy atom. The molecule has 0 saturated heterocycles. The Bertz CT molecular complexity index is 465. The maximum atomic E-state index is 5.48. The lowest BCUT2D eigenvalue weighted by molar-refractivity contribution is 0.431. The van der Waals surface area contributed by atoms with Gasteiger partial charge in [-0.05, 0) is 47.6 Å². The lowest BCUT2D eigenvalue weighted by Crippen LogP contribution is -1.78. The van der Waals surface area contributed by atoms with Crippen molar-refractivity contribution in [3.63, 3.8) is 0 Å². The Kier molecular flexibility index (Phi) is 3.11. The first-order chi connectivity index (χ1) is 7.16. The quantitative estimate of drug-likeness (QED) is 0.845. The molecule has 0 saturated carbocycles. The van der Waals surface area contributed by atoms with Crippen LogP contribution in [0.4, 0.5) is 0 Å². The summed E-state index contributed by atoms with van der Waals surface area (Å²) in [5, 5.41) is 0.664. The maximum Gasteiger partial charge on any atom is 0.261 e. The van der Waals surface area contributed by atoms with Gasteiger partial charge in [0.05, 0.1) is 5.69 Å². The first-order valence-corrected chi connectivity index (χ1v) is 5.99. The monoisotopic (exact) mass is 284 g/mol. The highest BCUT2D eigenvalue weighted by Gasteiger charge is 2.09. The van der Waals surface area contributed by atoms with Crippen LogP contribution in [-0.4, -0.2) is 9.97 Å². The average molecular weight is 285 g/mol. The molecule has 3 nitrogen and oxygen atoms in total. The van der Waals surface area contributed by atoms with E-state index in [2.05, 4.69) is 25.9 Å². The number of halogens is 1. The second-order valence-corrected chi connectivity index (χ2v) is 4.88. The summed E-state index contributed by atoms with van der Waals surface area (Å²) in [6.45, 7) is 3.85. The number of hydrogen-bond donors (Lipinski definition) is 0. The Morgan fingerprint density at radius 1 is 1.40 bits per heavy atom. The Morgan fingerprint density at radius 3 is 2.80 bits per heavy atom. The molecule has 0 unspecified atom stereocenters. The van der Waals surface area contributed by atoms with Gasteiger partial charge < -0.3 is 4.42 Å². The summed E-state index contributed by atoms with van der Waals surface area (Å²) in [6.07, 6.45) is 3.50. The number of oxazole rings is 1. The number of pyridine rings is 1. The van der Waals surface area contributed by atoms with Crippen LogP contribution in [0.2, 0.25) is 0 Å². The molecule has 0 aromatic carbocycles. The topological polar surface area (TPSA) is 38.9 Å². The normalized spacial score (nSPS) is 10.6. The van der Waals surface area contributed by atoms with E-state index in [1.807, 2.05) is 19.9 Å². The molecule has 0 radical (unpaired) electrons. The average Bonchev–Trinajstić information content (AvgIpc) is 2.50. The van der Waals surface area contributed by atoms with Crippen LogP contribution in [-0.2, 0) is 0 Å². The fraction of sp³-hybridized carbons (Fsp3) is 0.200. The van der Waals surface area contributed by atoms with Crippen LogP contribution in [0.25, 0.3) is 0 Å². The highest BCUT2D eigenvalue weighted by atomic mass is 79.9. The van der Waals surface area contributed by atoms with E-state index in [9.17, 15) is 0 Å². The lowest BCUT2D eigenvalue weighted by atomic mass is 10.4. The van der Waals surface area contributed by atoms with Crippen molar-refractivity contribution in [1.82, 2.24) is 9.97 Å². The molecule has 78 valence electrons. The fourth-order valence-corrected chi connectivity index (χ4v) is 2.34. The van der Waals surface area contributed by atoms with Gasteiger partial charge in [0.1, 0.15) is 5.76 Å². The van der Waals surface area contributed by atoms with Gasteiger partial charge in [-0.15, -0.1) is 0 Å². The summed E-state index contributed by atoms with van der Waals surface area (Å²) in [4.78, 5) is 9.35. The molecule has 0 fully saturated rings. The summed E-state index contributed by atoms with van der Waals surface area (Å²) in [6, 6.07) is 1.92. The van der Waals surface area contributed by atoms with Gasteiger partial charge in [-0.2, -0.15) is 0 Å². The van der Waals surface area contributed by atoms with Gasteiger partial charge in [-0.25, -0.2) is 4.98 Å². The van der Waals surface area contributed by atoms with Crippen LogP contribution in [0.15, 0.2) is 37.5 Å². The van der Waals surface area contributed by atoms with E-state index < -0.39 is 0 Å². The molecule has 15 heavy (non-hydrogen) atoms. The minimum absolute atomic E-state index is 0.664. The first-order valence-electron chi connectivity index (χ1n) is 4.38. The van der Waals surface area contributed by atoms with Crippen molar-refractivity contribution in [3.05, 3.63) is 34.4 Å². The van der Waals surface area contributed by atoms with Crippen LogP contribution in [0.5, 0.6) is 0 Å². The zero-order valence-electron chi connectivity index (χ0n) is 8.32. The van der Waals surface area contributed by atoms with Crippen molar-refractivity contribution < 1.29 is 4.42 Å². The predicted octanol–water partition coefficient (Wildman–Crippen LogP) is 3.60. The minimum Gasteiger partial charge on any atom is -0.436 e. The van der Waals surface area contributed by atoms with Crippen molar-refractivity contribution in [2.75, 3.05) is 0 Å². The van der Waals surface area contributed by atoms with Crippen molar-refractivity contribution in [1.29, 1.82) is 0 Å². The molecule has 0 aliphatic heterocycles. The highest BCUT2D eigenvalue weighted by Crippen LogP contribution is 2.32. The van der Waals surface area contributed by atoms with Gasteiger partial charge in [0.25, 0.3) is 5.22 Å². The third-order valence-electron chi connectivity index (χ3n) is 1.94. The molecular weight excluding hydrogens is 276 g/mol. The molecule has 0 atom stereocenters. The van der Waals surface area contributed by atoms with E-state index in [0.717, 1.165) is 20.8 Å². The molecule has 0 amide bonds. The van der Waals surface area contributed by atoms with Crippen molar-refractivity contribution in [3.8, 4) is 0 Å². The van der Waals surface area contributed by atoms with Gasteiger partial charge in [0.2, 0.25) is 0 Å². The second-order valence-electron chi connectivity index (χ2n) is 3.03. The molecule has 0 N–H and O–H groups in total. The van der Waals surface area contributed by atoms with Crippen LogP contribution in [0, 0.1) is 13.8 Å². The largest absolute Gasteiger partial charge is 0.436 e. The Labute approximate surface area is 100 Å². The molecule has 2 aromatic rings. The van der Waals surface area contributed by atoms with Gasteiger partial charge in [0, 0.05) is 21.8 Å². The van der Waals surface area contributed by atoms with Gasteiger partial charge in [0.15, 0.2) is 0 Å². The molecule has 0 aliphatic carbocycles. The number of aryl methyl sites for hydroxylation is 2. The summed E-state index contributed by atoms with van der Waals surface area (Å²) >= 11 is 4.91. The number of hydrogen-bond acceptors (Lipinski definition) is 4. The zero-order valence-corrected chi connectivity index (χ0v) is 10.7. The van der Waals surface area contributed by atoms with Crippen LogP contribution in [0.1, 0.15) is 11.5 Å². The summed E-state index contributed by atoms with van der Waals surface area (Å²) in [7, 11) is 0. The Balaban J connectivity index is 2.26. The van der Waals surface area contributed by atoms with Crippen LogP contribution in [0.3, 0.4) is 0 Å². The van der Waals surface area contributed by atoms with Gasteiger partial charge >= 0.3 is 0 Å². The number of rotatable bonds is 2. The molecule has 0 bridgehead atoms.